The third-order valence-electron chi connectivity index (χ3n) is 0.977. The summed E-state index contributed by atoms with van der Waals surface area (Å²) >= 11 is 3.90. The maximum Gasteiger partial charge on any atom is 0.282 e. The normalized spacial score (nSPS) is 12.9. The summed E-state index contributed by atoms with van der Waals surface area (Å²) in [6.45, 7) is 5.06. The Kier molecular flexibility index (Phi) is 4.29. The lowest BCUT2D eigenvalue weighted by Crippen LogP contribution is -1.96. The standard InChI is InChI=1S/C7H9NO2S/c1-3-5-7(11)6(4-2)8(9)10/h3-5,11H,2H2,1H3/b5-3-,7-6-. The first-order valence-corrected chi connectivity index (χ1v) is 3.41. The SMILES string of the molecule is C=C/C(=C(S)\C=C/C)[N+](=O)[O-]. The first-order chi connectivity index (χ1) is 5.13. The van der Waals surface area contributed by atoms with Crippen molar-refractivity contribution in [3.05, 3.63) is 45.5 Å². The Morgan fingerprint density at radius 1 is 1.73 bits per heavy atom. The van der Waals surface area contributed by atoms with E-state index in [9.17, 15) is 10.1 Å². The third kappa shape index (κ3) is 3.04. The van der Waals surface area contributed by atoms with Crippen LogP contribution >= 0.6 is 12.6 Å². The summed E-state index contributed by atoms with van der Waals surface area (Å²) in [6.07, 6.45) is 4.39. The monoisotopic (exact) mass is 171 g/mol. The van der Waals surface area contributed by atoms with Crippen molar-refractivity contribution in [3.8, 4) is 0 Å². The maximum absolute atomic E-state index is 10.2. The average Bonchev–Trinajstić information content (AvgIpc) is 1.88. The fourth-order valence-corrected chi connectivity index (χ4v) is 0.838. The smallest absolute Gasteiger partial charge is 0.258 e. The van der Waals surface area contributed by atoms with Crippen LogP contribution in [-0.2, 0) is 0 Å². The van der Waals surface area contributed by atoms with E-state index in [1.165, 1.54) is 6.08 Å². The van der Waals surface area contributed by atoms with Gasteiger partial charge in [0.1, 0.15) is 0 Å². The van der Waals surface area contributed by atoms with Crippen LogP contribution in [0.4, 0.5) is 0 Å². The van der Waals surface area contributed by atoms with Crippen LogP contribution in [0.1, 0.15) is 6.92 Å². The molecular weight excluding hydrogens is 162 g/mol. The minimum Gasteiger partial charge on any atom is -0.258 e. The van der Waals surface area contributed by atoms with Crippen LogP contribution in [0.2, 0.25) is 0 Å². The lowest BCUT2D eigenvalue weighted by atomic mass is 10.3. The van der Waals surface area contributed by atoms with Gasteiger partial charge in [0, 0.05) is 6.08 Å². The van der Waals surface area contributed by atoms with E-state index in [0.29, 0.717) is 4.91 Å². The molecule has 0 aromatic carbocycles. The minimum absolute atomic E-state index is 0.0774. The predicted octanol–water partition coefficient (Wildman–Crippen LogP) is 2.17. The van der Waals surface area contributed by atoms with Crippen LogP contribution in [0.15, 0.2) is 35.4 Å². The molecule has 0 aromatic rings. The molecule has 0 radical (unpaired) electrons. The fraction of sp³-hybridized carbons (Fsp3) is 0.143. The molecule has 0 rings (SSSR count). The molecule has 0 aliphatic carbocycles. The molecule has 0 fully saturated rings. The summed E-state index contributed by atoms with van der Waals surface area (Å²) in [6, 6.07) is 0. The van der Waals surface area contributed by atoms with Crippen molar-refractivity contribution >= 4 is 12.6 Å². The molecule has 0 bridgehead atoms. The summed E-state index contributed by atoms with van der Waals surface area (Å²) in [5.41, 5.74) is -0.0774. The van der Waals surface area contributed by atoms with Crippen molar-refractivity contribution in [2.45, 2.75) is 6.92 Å². The first kappa shape index (κ1) is 9.97. The summed E-state index contributed by atoms with van der Waals surface area (Å²) in [5, 5.41) is 10.2. The maximum atomic E-state index is 10.2. The van der Waals surface area contributed by atoms with Crippen molar-refractivity contribution in [2.75, 3.05) is 0 Å². The summed E-state index contributed by atoms with van der Waals surface area (Å²) in [5.74, 6) is 0. The highest BCUT2D eigenvalue weighted by Crippen LogP contribution is 2.11. The van der Waals surface area contributed by atoms with Gasteiger partial charge in [0.2, 0.25) is 0 Å². The van der Waals surface area contributed by atoms with E-state index in [4.69, 9.17) is 0 Å². The van der Waals surface area contributed by atoms with Gasteiger partial charge in [-0.2, -0.15) is 0 Å². The Morgan fingerprint density at radius 3 is 2.55 bits per heavy atom. The van der Waals surface area contributed by atoms with E-state index in [1.807, 2.05) is 0 Å². The lowest BCUT2D eigenvalue weighted by Gasteiger charge is -1.91. The van der Waals surface area contributed by atoms with Crippen molar-refractivity contribution < 1.29 is 4.92 Å². The van der Waals surface area contributed by atoms with Crippen molar-refractivity contribution in [1.82, 2.24) is 0 Å². The molecule has 0 amide bonds. The van der Waals surface area contributed by atoms with Crippen LogP contribution in [0.25, 0.3) is 0 Å². The van der Waals surface area contributed by atoms with Gasteiger partial charge in [-0.15, -0.1) is 12.6 Å². The lowest BCUT2D eigenvalue weighted by molar-refractivity contribution is -0.419. The molecule has 0 aromatic heterocycles. The van der Waals surface area contributed by atoms with Gasteiger partial charge in [0.25, 0.3) is 5.70 Å². The van der Waals surface area contributed by atoms with E-state index in [-0.39, 0.29) is 5.70 Å². The quantitative estimate of drug-likeness (QED) is 0.306. The number of hydrogen-bond donors (Lipinski definition) is 1. The molecule has 0 aliphatic heterocycles. The first-order valence-electron chi connectivity index (χ1n) is 2.96. The molecule has 0 unspecified atom stereocenters. The van der Waals surface area contributed by atoms with Gasteiger partial charge in [-0.1, -0.05) is 12.7 Å². The van der Waals surface area contributed by atoms with Gasteiger partial charge in [-0.3, -0.25) is 10.1 Å². The zero-order valence-electron chi connectivity index (χ0n) is 6.15. The van der Waals surface area contributed by atoms with Gasteiger partial charge in [-0.25, -0.2) is 0 Å². The number of thiol groups is 1. The zero-order chi connectivity index (χ0) is 8.85. The van der Waals surface area contributed by atoms with Gasteiger partial charge >= 0.3 is 0 Å². The molecule has 4 heteroatoms. The second-order valence-corrected chi connectivity index (χ2v) is 2.21. The molecule has 0 atom stereocenters. The molecule has 60 valence electrons. The topological polar surface area (TPSA) is 43.1 Å². The third-order valence-corrected chi connectivity index (χ3v) is 1.36. The van der Waals surface area contributed by atoms with Gasteiger partial charge in [0.05, 0.1) is 9.83 Å². The number of nitro groups is 1. The Hall–Kier alpha value is -1.03. The average molecular weight is 171 g/mol. The molecular formula is C7H9NO2S. The minimum atomic E-state index is -0.519. The van der Waals surface area contributed by atoms with Crippen LogP contribution in [0, 0.1) is 10.1 Å². The molecule has 3 nitrogen and oxygen atoms in total. The summed E-state index contributed by atoms with van der Waals surface area (Å²) < 4.78 is 0. The van der Waals surface area contributed by atoms with E-state index in [2.05, 4.69) is 19.2 Å². The molecule has 0 N–H and O–H groups in total. The van der Waals surface area contributed by atoms with E-state index < -0.39 is 4.92 Å². The Labute approximate surface area is 70.7 Å². The van der Waals surface area contributed by atoms with E-state index in [0.717, 1.165) is 0 Å². The highest BCUT2D eigenvalue weighted by Gasteiger charge is 2.07. The summed E-state index contributed by atoms with van der Waals surface area (Å²) in [4.78, 5) is 10.0. The van der Waals surface area contributed by atoms with Crippen molar-refractivity contribution in [2.24, 2.45) is 0 Å². The fourth-order valence-electron chi connectivity index (χ4n) is 0.516. The van der Waals surface area contributed by atoms with E-state index >= 15 is 0 Å². The van der Waals surface area contributed by atoms with Gasteiger partial charge in [-0.05, 0) is 13.0 Å². The number of nitrogens with zero attached hydrogens (tertiary/aromatic N) is 1. The second-order valence-electron chi connectivity index (χ2n) is 1.73. The number of rotatable bonds is 3. The summed E-state index contributed by atoms with van der Waals surface area (Å²) in [7, 11) is 0. The van der Waals surface area contributed by atoms with Crippen molar-refractivity contribution in [1.29, 1.82) is 0 Å². The molecule has 0 heterocycles. The molecule has 0 saturated carbocycles. The number of allylic oxidation sites excluding steroid dienone is 3. The van der Waals surface area contributed by atoms with Crippen LogP contribution in [0.5, 0.6) is 0 Å². The highest BCUT2D eigenvalue weighted by atomic mass is 32.1. The number of hydrogen-bond acceptors (Lipinski definition) is 3. The molecule has 0 spiro atoms. The Balaban J connectivity index is 4.82. The van der Waals surface area contributed by atoms with E-state index in [1.54, 1.807) is 19.1 Å². The largest absolute Gasteiger partial charge is 0.282 e. The molecule has 11 heavy (non-hydrogen) atoms. The van der Waals surface area contributed by atoms with Crippen LogP contribution < -0.4 is 0 Å². The highest BCUT2D eigenvalue weighted by molar-refractivity contribution is 7.84. The van der Waals surface area contributed by atoms with Crippen molar-refractivity contribution in [3.63, 3.8) is 0 Å². The van der Waals surface area contributed by atoms with Crippen LogP contribution in [-0.4, -0.2) is 4.92 Å². The molecule has 0 saturated heterocycles. The van der Waals surface area contributed by atoms with Crippen LogP contribution in [0.3, 0.4) is 0 Å². The van der Waals surface area contributed by atoms with Gasteiger partial charge < -0.3 is 0 Å². The molecule has 0 aliphatic rings. The van der Waals surface area contributed by atoms with Gasteiger partial charge in [0.15, 0.2) is 0 Å². The zero-order valence-corrected chi connectivity index (χ0v) is 7.04. The predicted molar refractivity (Wildman–Crippen MR) is 48.0 cm³/mol. The Morgan fingerprint density at radius 2 is 2.27 bits per heavy atom. The Bertz CT molecular complexity index is 231. The second kappa shape index (κ2) is 4.73.